The largest absolute Gasteiger partial charge is 0.452 e. The van der Waals surface area contributed by atoms with Crippen molar-refractivity contribution in [2.75, 3.05) is 0 Å². The second kappa shape index (κ2) is 4.56. The van der Waals surface area contributed by atoms with Gasteiger partial charge in [-0.1, -0.05) is 24.3 Å². The van der Waals surface area contributed by atoms with E-state index in [1.807, 2.05) is 42.6 Å². The van der Waals surface area contributed by atoms with E-state index < -0.39 is 0 Å². The maximum Gasteiger partial charge on any atom is 0.231 e. The molecule has 21 heavy (non-hydrogen) atoms. The summed E-state index contributed by atoms with van der Waals surface area (Å²) >= 11 is 0. The van der Waals surface area contributed by atoms with Gasteiger partial charge in [-0.25, -0.2) is 0 Å². The molecule has 0 bridgehead atoms. The standard InChI is InChI=1S/C18H11NO2/c20-18-15-3-1-2-4-16(15)21-17(18)10-12-5-6-14-11-19-8-7-13(14)9-12/h1-11H/b17-10-. The van der Waals surface area contributed by atoms with Crippen LogP contribution < -0.4 is 4.74 Å². The lowest BCUT2D eigenvalue weighted by Gasteiger charge is -2.01. The van der Waals surface area contributed by atoms with Gasteiger partial charge in [0.15, 0.2) is 5.76 Å². The molecule has 0 spiro atoms. The number of pyridine rings is 1. The van der Waals surface area contributed by atoms with Crippen LogP contribution in [0.3, 0.4) is 0 Å². The number of carbonyl (C=O) groups is 1. The van der Waals surface area contributed by atoms with Crippen LogP contribution in [0.15, 0.2) is 66.7 Å². The molecule has 100 valence electrons. The SMILES string of the molecule is O=C1/C(=C/c2ccc3cnccc3c2)Oc2ccccc21. The quantitative estimate of drug-likeness (QED) is 0.632. The Morgan fingerprint density at radius 1 is 1.00 bits per heavy atom. The van der Waals surface area contributed by atoms with E-state index in [1.54, 1.807) is 24.4 Å². The number of allylic oxidation sites excluding steroid dienone is 1. The van der Waals surface area contributed by atoms with Gasteiger partial charge in [-0.3, -0.25) is 9.78 Å². The number of hydrogen-bond donors (Lipinski definition) is 0. The summed E-state index contributed by atoms with van der Waals surface area (Å²) in [6.45, 7) is 0. The number of rotatable bonds is 1. The fraction of sp³-hybridized carbons (Fsp3) is 0. The summed E-state index contributed by atoms with van der Waals surface area (Å²) in [5.41, 5.74) is 1.55. The van der Waals surface area contributed by atoms with E-state index in [9.17, 15) is 4.79 Å². The molecular formula is C18H11NO2. The molecule has 0 amide bonds. The highest BCUT2D eigenvalue weighted by atomic mass is 16.5. The molecule has 0 radical (unpaired) electrons. The summed E-state index contributed by atoms with van der Waals surface area (Å²) < 4.78 is 5.63. The van der Waals surface area contributed by atoms with Gasteiger partial charge in [0.1, 0.15) is 5.75 Å². The summed E-state index contributed by atoms with van der Waals surface area (Å²) in [6.07, 6.45) is 5.36. The molecule has 1 aliphatic rings. The van der Waals surface area contributed by atoms with E-state index in [0.717, 1.165) is 16.3 Å². The molecule has 0 aliphatic carbocycles. The normalized spacial score (nSPS) is 15.2. The predicted octanol–water partition coefficient (Wildman–Crippen LogP) is 3.85. The second-order valence-electron chi connectivity index (χ2n) is 4.92. The Balaban J connectivity index is 1.76. The topological polar surface area (TPSA) is 39.2 Å². The number of benzene rings is 2. The van der Waals surface area contributed by atoms with Crippen LogP contribution in [0.5, 0.6) is 5.75 Å². The van der Waals surface area contributed by atoms with Gasteiger partial charge in [0.25, 0.3) is 0 Å². The fourth-order valence-corrected chi connectivity index (χ4v) is 2.48. The van der Waals surface area contributed by atoms with Gasteiger partial charge < -0.3 is 4.74 Å². The number of Topliss-reactive ketones (excluding diaryl/α,β-unsaturated/α-hetero) is 1. The maximum atomic E-state index is 12.3. The third kappa shape index (κ3) is 1.99. The Labute approximate surface area is 121 Å². The molecule has 1 aliphatic heterocycles. The van der Waals surface area contributed by atoms with Crippen molar-refractivity contribution in [1.82, 2.24) is 4.98 Å². The first-order valence-electron chi connectivity index (χ1n) is 6.68. The molecule has 2 aromatic carbocycles. The highest BCUT2D eigenvalue weighted by Crippen LogP contribution is 2.31. The van der Waals surface area contributed by atoms with Gasteiger partial charge in [0, 0.05) is 17.8 Å². The van der Waals surface area contributed by atoms with Crippen molar-refractivity contribution in [3.8, 4) is 5.75 Å². The zero-order chi connectivity index (χ0) is 14.2. The van der Waals surface area contributed by atoms with Crippen LogP contribution >= 0.6 is 0 Å². The number of nitrogens with zero attached hydrogens (tertiary/aromatic N) is 1. The minimum atomic E-state index is -0.0691. The number of hydrogen-bond acceptors (Lipinski definition) is 3. The van der Waals surface area contributed by atoms with Gasteiger partial charge in [0.05, 0.1) is 5.56 Å². The maximum absolute atomic E-state index is 12.3. The minimum absolute atomic E-state index is 0.0691. The number of ketones is 1. The van der Waals surface area contributed by atoms with Crippen molar-refractivity contribution >= 4 is 22.6 Å². The summed E-state index contributed by atoms with van der Waals surface area (Å²) in [6, 6.07) is 15.2. The summed E-state index contributed by atoms with van der Waals surface area (Å²) in [5.74, 6) is 0.920. The van der Waals surface area contributed by atoms with Crippen molar-refractivity contribution in [3.05, 3.63) is 77.8 Å². The average molecular weight is 273 g/mol. The zero-order valence-corrected chi connectivity index (χ0v) is 11.1. The van der Waals surface area contributed by atoms with Crippen LogP contribution in [0.4, 0.5) is 0 Å². The van der Waals surface area contributed by atoms with Crippen LogP contribution in [-0.4, -0.2) is 10.8 Å². The lowest BCUT2D eigenvalue weighted by Crippen LogP contribution is -1.97. The first-order valence-corrected chi connectivity index (χ1v) is 6.68. The zero-order valence-electron chi connectivity index (χ0n) is 11.1. The van der Waals surface area contributed by atoms with Crippen LogP contribution in [0.25, 0.3) is 16.8 Å². The molecule has 3 nitrogen and oxygen atoms in total. The summed E-state index contributed by atoms with van der Waals surface area (Å²) in [7, 11) is 0. The summed E-state index contributed by atoms with van der Waals surface area (Å²) in [4.78, 5) is 16.4. The second-order valence-corrected chi connectivity index (χ2v) is 4.92. The molecule has 0 saturated heterocycles. The third-order valence-corrected chi connectivity index (χ3v) is 3.54. The molecule has 3 aromatic rings. The Kier molecular flexibility index (Phi) is 2.57. The lowest BCUT2D eigenvalue weighted by molar-refractivity contribution is 0.101. The van der Waals surface area contributed by atoms with Crippen molar-refractivity contribution < 1.29 is 9.53 Å². The number of ether oxygens (including phenoxy) is 1. The first-order chi connectivity index (χ1) is 10.3. The average Bonchev–Trinajstić information content (AvgIpc) is 2.84. The monoisotopic (exact) mass is 273 g/mol. The van der Waals surface area contributed by atoms with E-state index in [-0.39, 0.29) is 5.78 Å². The van der Waals surface area contributed by atoms with Gasteiger partial charge >= 0.3 is 0 Å². The van der Waals surface area contributed by atoms with Crippen LogP contribution in [0.2, 0.25) is 0 Å². The minimum Gasteiger partial charge on any atom is -0.452 e. The van der Waals surface area contributed by atoms with Crippen LogP contribution in [-0.2, 0) is 0 Å². The van der Waals surface area contributed by atoms with E-state index in [1.165, 1.54) is 0 Å². The van der Waals surface area contributed by atoms with Gasteiger partial charge in [-0.05, 0) is 41.3 Å². The third-order valence-electron chi connectivity index (χ3n) is 3.54. The van der Waals surface area contributed by atoms with E-state index >= 15 is 0 Å². The molecule has 0 saturated carbocycles. The molecular weight excluding hydrogens is 262 g/mol. The first kappa shape index (κ1) is 11.9. The molecule has 1 aromatic heterocycles. The highest BCUT2D eigenvalue weighted by Gasteiger charge is 2.26. The molecule has 0 fully saturated rings. The van der Waals surface area contributed by atoms with Crippen molar-refractivity contribution in [2.24, 2.45) is 0 Å². The van der Waals surface area contributed by atoms with Gasteiger partial charge in [0.2, 0.25) is 5.78 Å². The van der Waals surface area contributed by atoms with Crippen molar-refractivity contribution in [3.63, 3.8) is 0 Å². The number of fused-ring (bicyclic) bond motifs is 2. The Bertz CT molecular complexity index is 896. The van der Waals surface area contributed by atoms with E-state index in [0.29, 0.717) is 17.1 Å². The number of para-hydroxylation sites is 1. The molecule has 0 unspecified atom stereocenters. The van der Waals surface area contributed by atoms with Crippen molar-refractivity contribution in [1.29, 1.82) is 0 Å². The van der Waals surface area contributed by atoms with Crippen LogP contribution in [0.1, 0.15) is 15.9 Å². The number of aromatic nitrogens is 1. The van der Waals surface area contributed by atoms with Gasteiger partial charge in [-0.15, -0.1) is 0 Å². The lowest BCUT2D eigenvalue weighted by atomic mass is 10.1. The summed E-state index contributed by atoms with van der Waals surface area (Å²) in [5, 5.41) is 2.16. The van der Waals surface area contributed by atoms with E-state index in [4.69, 9.17) is 4.74 Å². The smallest absolute Gasteiger partial charge is 0.231 e. The van der Waals surface area contributed by atoms with E-state index in [2.05, 4.69) is 4.98 Å². The predicted molar refractivity (Wildman–Crippen MR) is 81.1 cm³/mol. The Hall–Kier alpha value is -2.94. The van der Waals surface area contributed by atoms with Crippen LogP contribution in [0, 0.1) is 0 Å². The molecule has 2 heterocycles. The molecule has 4 rings (SSSR count). The van der Waals surface area contributed by atoms with Gasteiger partial charge in [-0.2, -0.15) is 0 Å². The highest BCUT2D eigenvalue weighted by molar-refractivity contribution is 6.14. The molecule has 0 N–H and O–H groups in total. The molecule has 0 atom stereocenters. The Morgan fingerprint density at radius 2 is 1.90 bits per heavy atom. The Morgan fingerprint density at radius 3 is 2.81 bits per heavy atom. The fourth-order valence-electron chi connectivity index (χ4n) is 2.48. The van der Waals surface area contributed by atoms with Crippen molar-refractivity contribution in [2.45, 2.75) is 0 Å². The molecule has 3 heteroatoms. The number of carbonyl (C=O) groups excluding carboxylic acids is 1.